The molecule has 1 aromatic carbocycles. The highest BCUT2D eigenvalue weighted by molar-refractivity contribution is 5.99. The standard InChI is InChI=1S/C15H21NO3/c1-4-5-6-13(17)12-7-10(2)11(3)8-14(12)19-9-15(16)18/h7-8H,4-6,9H2,1-3H3,(H2,16,18). The molecule has 0 fully saturated rings. The second kappa shape index (κ2) is 6.92. The topological polar surface area (TPSA) is 69.4 Å². The van der Waals surface area contributed by atoms with Crippen molar-refractivity contribution in [3.63, 3.8) is 0 Å². The van der Waals surface area contributed by atoms with Crippen molar-refractivity contribution >= 4 is 11.7 Å². The first-order chi connectivity index (χ1) is 8.95. The lowest BCUT2D eigenvalue weighted by Gasteiger charge is -2.12. The van der Waals surface area contributed by atoms with Crippen LogP contribution >= 0.6 is 0 Å². The van der Waals surface area contributed by atoms with Crippen molar-refractivity contribution < 1.29 is 14.3 Å². The minimum Gasteiger partial charge on any atom is -0.483 e. The van der Waals surface area contributed by atoms with E-state index in [1.807, 2.05) is 26.8 Å². The maximum Gasteiger partial charge on any atom is 0.255 e. The van der Waals surface area contributed by atoms with E-state index in [1.165, 1.54) is 0 Å². The second-order valence-electron chi connectivity index (χ2n) is 4.71. The number of unbranched alkanes of at least 4 members (excludes halogenated alkanes) is 1. The molecule has 4 nitrogen and oxygen atoms in total. The van der Waals surface area contributed by atoms with E-state index in [4.69, 9.17) is 10.5 Å². The van der Waals surface area contributed by atoms with Crippen molar-refractivity contribution in [1.82, 2.24) is 0 Å². The summed E-state index contributed by atoms with van der Waals surface area (Å²) >= 11 is 0. The Labute approximate surface area is 113 Å². The van der Waals surface area contributed by atoms with E-state index < -0.39 is 5.91 Å². The van der Waals surface area contributed by atoms with Crippen molar-refractivity contribution in [3.8, 4) is 5.75 Å². The molecular weight excluding hydrogens is 242 g/mol. The second-order valence-corrected chi connectivity index (χ2v) is 4.71. The van der Waals surface area contributed by atoms with Crippen molar-refractivity contribution in [2.75, 3.05) is 6.61 Å². The highest BCUT2D eigenvalue weighted by atomic mass is 16.5. The number of rotatable bonds is 7. The van der Waals surface area contributed by atoms with Gasteiger partial charge in [0.15, 0.2) is 12.4 Å². The van der Waals surface area contributed by atoms with Crippen LogP contribution in [-0.4, -0.2) is 18.3 Å². The number of aryl methyl sites for hydroxylation is 2. The highest BCUT2D eigenvalue weighted by Gasteiger charge is 2.14. The van der Waals surface area contributed by atoms with E-state index in [1.54, 1.807) is 6.07 Å². The number of ketones is 1. The molecule has 0 unspecified atom stereocenters. The van der Waals surface area contributed by atoms with Crippen molar-refractivity contribution in [1.29, 1.82) is 0 Å². The molecule has 19 heavy (non-hydrogen) atoms. The van der Waals surface area contributed by atoms with Crippen LogP contribution in [0.3, 0.4) is 0 Å². The van der Waals surface area contributed by atoms with Crippen LogP contribution in [0, 0.1) is 13.8 Å². The van der Waals surface area contributed by atoms with Crippen LogP contribution in [0.5, 0.6) is 5.75 Å². The Kier molecular flexibility index (Phi) is 5.55. The van der Waals surface area contributed by atoms with Gasteiger partial charge in [-0.15, -0.1) is 0 Å². The molecule has 0 aliphatic heterocycles. The first-order valence-corrected chi connectivity index (χ1v) is 6.51. The Morgan fingerprint density at radius 3 is 2.42 bits per heavy atom. The fourth-order valence-electron chi connectivity index (χ4n) is 1.75. The normalized spacial score (nSPS) is 10.3. The average Bonchev–Trinajstić information content (AvgIpc) is 2.36. The minimum atomic E-state index is -0.551. The van der Waals surface area contributed by atoms with Gasteiger partial charge >= 0.3 is 0 Å². The molecule has 1 rings (SSSR count). The lowest BCUT2D eigenvalue weighted by atomic mass is 9.99. The van der Waals surface area contributed by atoms with E-state index >= 15 is 0 Å². The summed E-state index contributed by atoms with van der Waals surface area (Å²) in [6, 6.07) is 3.61. The lowest BCUT2D eigenvalue weighted by molar-refractivity contribution is -0.119. The number of hydrogen-bond acceptors (Lipinski definition) is 3. The molecule has 0 radical (unpaired) electrons. The Bertz CT molecular complexity index is 481. The van der Waals surface area contributed by atoms with Gasteiger partial charge in [-0.05, 0) is 43.5 Å². The number of Topliss-reactive ketones (excluding diaryl/α,β-unsaturated/α-hetero) is 1. The predicted octanol–water partition coefficient (Wildman–Crippen LogP) is 2.54. The number of benzene rings is 1. The molecule has 0 saturated carbocycles. The molecule has 104 valence electrons. The monoisotopic (exact) mass is 263 g/mol. The zero-order valence-electron chi connectivity index (χ0n) is 11.8. The fraction of sp³-hybridized carbons (Fsp3) is 0.467. The molecule has 1 amide bonds. The fourth-order valence-corrected chi connectivity index (χ4v) is 1.75. The number of carbonyl (C=O) groups is 2. The van der Waals surface area contributed by atoms with Gasteiger partial charge in [-0.2, -0.15) is 0 Å². The lowest BCUT2D eigenvalue weighted by Crippen LogP contribution is -2.21. The molecule has 0 aliphatic carbocycles. The van der Waals surface area contributed by atoms with Gasteiger partial charge in [0, 0.05) is 6.42 Å². The molecule has 2 N–H and O–H groups in total. The third-order valence-corrected chi connectivity index (χ3v) is 3.02. The van der Waals surface area contributed by atoms with Crippen molar-refractivity contribution in [3.05, 3.63) is 28.8 Å². The van der Waals surface area contributed by atoms with Crippen molar-refractivity contribution in [2.45, 2.75) is 40.0 Å². The first kappa shape index (κ1) is 15.2. The third-order valence-electron chi connectivity index (χ3n) is 3.02. The van der Waals surface area contributed by atoms with Gasteiger partial charge in [0.1, 0.15) is 5.75 Å². The molecular formula is C15H21NO3. The number of carbonyl (C=O) groups excluding carboxylic acids is 2. The van der Waals surface area contributed by atoms with Gasteiger partial charge in [-0.3, -0.25) is 9.59 Å². The summed E-state index contributed by atoms with van der Waals surface area (Å²) in [4.78, 5) is 22.9. The molecule has 0 heterocycles. The molecule has 1 aromatic rings. The third kappa shape index (κ3) is 4.39. The SMILES string of the molecule is CCCCC(=O)c1cc(C)c(C)cc1OCC(N)=O. The highest BCUT2D eigenvalue weighted by Crippen LogP contribution is 2.25. The first-order valence-electron chi connectivity index (χ1n) is 6.51. The van der Waals surface area contributed by atoms with Crippen LogP contribution in [-0.2, 0) is 4.79 Å². The maximum atomic E-state index is 12.1. The Balaban J connectivity index is 3.01. The number of ether oxygens (including phenoxy) is 1. The molecule has 0 atom stereocenters. The van der Waals surface area contributed by atoms with E-state index in [0.29, 0.717) is 17.7 Å². The molecule has 0 bridgehead atoms. The molecule has 4 heteroatoms. The van der Waals surface area contributed by atoms with Crippen LogP contribution in [0.15, 0.2) is 12.1 Å². The molecule has 0 aromatic heterocycles. The Morgan fingerprint density at radius 1 is 1.21 bits per heavy atom. The number of hydrogen-bond donors (Lipinski definition) is 1. The summed E-state index contributed by atoms with van der Waals surface area (Å²) in [6.07, 6.45) is 2.31. The summed E-state index contributed by atoms with van der Waals surface area (Å²) in [5, 5.41) is 0. The van der Waals surface area contributed by atoms with Crippen LogP contribution < -0.4 is 10.5 Å². The van der Waals surface area contributed by atoms with Crippen LogP contribution in [0.2, 0.25) is 0 Å². The minimum absolute atomic E-state index is 0.0458. The number of nitrogens with two attached hydrogens (primary N) is 1. The van der Waals surface area contributed by atoms with Gasteiger partial charge in [-0.25, -0.2) is 0 Å². The largest absolute Gasteiger partial charge is 0.483 e. The zero-order chi connectivity index (χ0) is 14.4. The number of amides is 1. The molecule has 0 saturated heterocycles. The molecule has 0 spiro atoms. The summed E-state index contributed by atoms with van der Waals surface area (Å²) < 4.78 is 5.34. The maximum absolute atomic E-state index is 12.1. The summed E-state index contributed by atoms with van der Waals surface area (Å²) in [6.45, 7) is 5.71. The Morgan fingerprint density at radius 2 is 1.84 bits per heavy atom. The summed E-state index contributed by atoms with van der Waals surface area (Å²) in [5.41, 5.74) is 7.66. The van der Waals surface area contributed by atoms with Crippen LogP contribution in [0.1, 0.15) is 47.7 Å². The van der Waals surface area contributed by atoms with Gasteiger partial charge < -0.3 is 10.5 Å². The van der Waals surface area contributed by atoms with Gasteiger partial charge in [0.05, 0.1) is 5.56 Å². The van der Waals surface area contributed by atoms with Crippen LogP contribution in [0.4, 0.5) is 0 Å². The van der Waals surface area contributed by atoms with E-state index in [-0.39, 0.29) is 12.4 Å². The van der Waals surface area contributed by atoms with Crippen molar-refractivity contribution in [2.24, 2.45) is 5.73 Å². The number of primary amides is 1. The zero-order valence-corrected chi connectivity index (χ0v) is 11.8. The van der Waals surface area contributed by atoms with E-state index in [0.717, 1.165) is 24.0 Å². The predicted molar refractivity (Wildman–Crippen MR) is 74.5 cm³/mol. The van der Waals surface area contributed by atoms with E-state index in [2.05, 4.69) is 0 Å². The summed E-state index contributed by atoms with van der Waals surface area (Å²) in [5.74, 6) is -0.0578. The van der Waals surface area contributed by atoms with Gasteiger partial charge in [-0.1, -0.05) is 13.3 Å². The molecule has 0 aliphatic rings. The average molecular weight is 263 g/mol. The smallest absolute Gasteiger partial charge is 0.255 e. The van der Waals surface area contributed by atoms with Gasteiger partial charge in [0.25, 0.3) is 5.91 Å². The Hall–Kier alpha value is -1.84. The van der Waals surface area contributed by atoms with Gasteiger partial charge in [0.2, 0.25) is 0 Å². The van der Waals surface area contributed by atoms with Crippen LogP contribution in [0.25, 0.3) is 0 Å². The van der Waals surface area contributed by atoms with E-state index in [9.17, 15) is 9.59 Å². The summed E-state index contributed by atoms with van der Waals surface area (Å²) in [7, 11) is 0. The quantitative estimate of drug-likeness (QED) is 0.768.